The molecule has 1 unspecified atom stereocenters. The number of hydrogen-bond donors (Lipinski definition) is 1. The number of amides is 1. The lowest BCUT2D eigenvalue weighted by Gasteiger charge is -2.30. The Balaban J connectivity index is 2.48. The number of nitrogens with zero attached hydrogens (tertiary/aromatic N) is 1. The van der Waals surface area contributed by atoms with Crippen LogP contribution in [0.15, 0.2) is 36.4 Å². The number of para-hydroxylation sites is 1. The molecule has 152 valence electrons. The third-order valence-corrected chi connectivity index (χ3v) is 6.04. The van der Waals surface area contributed by atoms with E-state index in [0.29, 0.717) is 15.7 Å². The van der Waals surface area contributed by atoms with E-state index in [1.807, 2.05) is 32.0 Å². The standard InChI is InChI=1S/C20H24Cl2N2O3S/c1-5-14-9-7-8-13(3)19(14)23-20(25)18(6-2)24(28(4,26)27)17-11-15(21)10-16(22)12-17/h7-12,18H,5-6H2,1-4H3,(H,23,25). The minimum atomic E-state index is -3.77. The zero-order valence-corrected chi connectivity index (χ0v) is 18.6. The number of sulfonamides is 1. The molecule has 2 aromatic rings. The maximum Gasteiger partial charge on any atom is 0.248 e. The summed E-state index contributed by atoms with van der Waals surface area (Å²) in [4.78, 5) is 13.1. The fraction of sp³-hybridized carbons (Fsp3) is 0.350. The molecule has 5 nitrogen and oxygen atoms in total. The quantitative estimate of drug-likeness (QED) is 0.652. The van der Waals surface area contributed by atoms with Gasteiger partial charge >= 0.3 is 0 Å². The number of rotatable bonds is 7. The van der Waals surface area contributed by atoms with Crippen molar-refractivity contribution in [3.8, 4) is 0 Å². The Morgan fingerprint density at radius 1 is 1.14 bits per heavy atom. The highest BCUT2D eigenvalue weighted by atomic mass is 35.5. The predicted octanol–water partition coefficient (Wildman–Crippen LogP) is 5.05. The summed E-state index contributed by atoms with van der Waals surface area (Å²) in [6.45, 7) is 5.66. The maximum absolute atomic E-state index is 13.1. The van der Waals surface area contributed by atoms with Crippen molar-refractivity contribution in [2.24, 2.45) is 0 Å². The molecule has 2 rings (SSSR count). The average Bonchev–Trinajstić information content (AvgIpc) is 2.58. The van der Waals surface area contributed by atoms with Gasteiger partial charge < -0.3 is 5.32 Å². The van der Waals surface area contributed by atoms with Crippen LogP contribution in [0, 0.1) is 6.92 Å². The van der Waals surface area contributed by atoms with Crippen LogP contribution in [0.2, 0.25) is 10.0 Å². The largest absolute Gasteiger partial charge is 0.324 e. The molecule has 0 saturated heterocycles. The number of halogens is 2. The van der Waals surface area contributed by atoms with Crippen molar-refractivity contribution in [1.29, 1.82) is 0 Å². The van der Waals surface area contributed by atoms with Crippen molar-refractivity contribution < 1.29 is 13.2 Å². The zero-order chi connectivity index (χ0) is 21.1. The van der Waals surface area contributed by atoms with E-state index in [4.69, 9.17) is 23.2 Å². The Morgan fingerprint density at radius 2 is 1.75 bits per heavy atom. The number of benzene rings is 2. The van der Waals surface area contributed by atoms with Crippen molar-refractivity contribution in [3.63, 3.8) is 0 Å². The molecule has 0 saturated carbocycles. The van der Waals surface area contributed by atoms with E-state index in [9.17, 15) is 13.2 Å². The second-order valence-corrected chi connectivity index (χ2v) is 9.29. The molecule has 0 aromatic heterocycles. The molecule has 0 aliphatic carbocycles. The summed E-state index contributed by atoms with van der Waals surface area (Å²) in [5.74, 6) is -0.409. The lowest BCUT2D eigenvalue weighted by Crippen LogP contribution is -2.47. The van der Waals surface area contributed by atoms with Crippen LogP contribution in [0.3, 0.4) is 0 Å². The molecule has 0 aliphatic heterocycles. The van der Waals surface area contributed by atoms with E-state index in [0.717, 1.165) is 28.1 Å². The fourth-order valence-electron chi connectivity index (χ4n) is 3.14. The number of nitrogens with one attached hydrogen (secondary N) is 1. The second kappa shape index (κ2) is 9.16. The molecule has 0 heterocycles. The highest BCUT2D eigenvalue weighted by Crippen LogP contribution is 2.30. The van der Waals surface area contributed by atoms with Gasteiger partial charge in [-0.3, -0.25) is 9.10 Å². The van der Waals surface area contributed by atoms with Gasteiger partial charge in [0, 0.05) is 15.7 Å². The molecule has 0 spiro atoms. The second-order valence-electron chi connectivity index (χ2n) is 6.56. The Morgan fingerprint density at radius 3 is 2.25 bits per heavy atom. The molecule has 1 atom stereocenters. The summed E-state index contributed by atoms with van der Waals surface area (Å²) < 4.78 is 26.2. The van der Waals surface area contributed by atoms with Gasteiger partial charge in [-0.15, -0.1) is 0 Å². The van der Waals surface area contributed by atoms with Crippen LogP contribution in [0.25, 0.3) is 0 Å². The normalized spacial score (nSPS) is 12.5. The molecule has 2 aromatic carbocycles. The van der Waals surface area contributed by atoms with Crippen LogP contribution in [-0.4, -0.2) is 26.6 Å². The minimum absolute atomic E-state index is 0.252. The number of anilines is 2. The molecule has 1 amide bonds. The molecule has 0 radical (unpaired) electrons. The topological polar surface area (TPSA) is 66.5 Å². The molecule has 8 heteroatoms. The number of carbonyl (C=O) groups excluding carboxylic acids is 1. The Kier molecular flexibility index (Phi) is 7.37. The average molecular weight is 443 g/mol. The SMILES string of the molecule is CCc1cccc(C)c1NC(=O)C(CC)N(c1cc(Cl)cc(Cl)c1)S(C)(=O)=O. The smallest absolute Gasteiger partial charge is 0.248 e. The van der Waals surface area contributed by atoms with Crippen molar-refractivity contribution in [2.45, 2.75) is 39.7 Å². The minimum Gasteiger partial charge on any atom is -0.324 e. The van der Waals surface area contributed by atoms with Gasteiger partial charge in [0.15, 0.2) is 0 Å². The Bertz CT molecular complexity index is 957. The van der Waals surface area contributed by atoms with Gasteiger partial charge in [0.1, 0.15) is 6.04 Å². The molecule has 0 aliphatic rings. The van der Waals surface area contributed by atoms with Gasteiger partial charge in [0.05, 0.1) is 11.9 Å². The molecule has 1 N–H and O–H groups in total. The summed E-state index contributed by atoms with van der Waals surface area (Å²) in [6.07, 6.45) is 2.08. The first-order valence-electron chi connectivity index (χ1n) is 8.93. The lowest BCUT2D eigenvalue weighted by molar-refractivity contribution is -0.117. The van der Waals surface area contributed by atoms with Crippen LogP contribution < -0.4 is 9.62 Å². The Hall–Kier alpha value is -1.76. The summed E-state index contributed by atoms with van der Waals surface area (Å²) in [7, 11) is -3.77. The third kappa shape index (κ3) is 5.19. The van der Waals surface area contributed by atoms with Gasteiger partial charge in [0.25, 0.3) is 0 Å². The fourth-order valence-corrected chi connectivity index (χ4v) is 4.85. The van der Waals surface area contributed by atoms with Crippen LogP contribution in [0.1, 0.15) is 31.4 Å². The molecular weight excluding hydrogens is 419 g/mol. The van der Waals surface area contributed by atoms with Crippen LogP contribution in [-0.2, 0) is 21.2 Å². The molecule has 0 bridgehead atoms. The lowest BCUT2D eigenvalue weighted by atomic mass is 10.0. The predicted molar refractivity (Wildman–Crippen MR) is 117 cm³/mol. The number of aryl methyl sites for hydroxylation is 2. The molecule has 0 fully saturated rings. The van der Waals surface area contributed by atoms with Gasteiger partial charge in [-0.25, -0.2) is 8.42 Å². The van der Waals surface area contributed by atoms with E-state index >= 15 is 0 Å². The van der Waals surface area contributed by atoms with Crippen molar-refractivity contribution in [2.75, 3.05) is 15.9 Å². The summed E-state index contributed by atoms with van der Waals surface area (Å²) in [5, 5.41) is 3.50. The van der Waals surface area contributed by atoms with Gasteiger partial charge in [0.2, 0.25) is 15.9 Å². The van der Waals surface area contributed by atoms with Crippen LogP contribution in [0.4, 0.5) is 11.4 Å². The molecular formula is C20H24Cl2N2O3S. The van der Waals surface area contributed by atoms with E-state index in [2.05, 4.69) is 5.32 Å². The van der Waals surface area contributed by atoms with E-state index in [1.54, 1.807) is 6.92 Å². The zero-order valence-electron chi connectivity index (χ0n) is 16.3. The maximum atomic E-state index is 13.1. The number of carbonyl (C=O) groups is 1. The van der Waals surface area contributed by atoms with Crippen molar-refractivity contribution in [3.05, 3.63) is 57.6 Å². The van der Waals surface area contributed by atoms with E-state index < -0.39 is 22.0 Å². The van der Waals surface area contributed by atoms with Crippen LogP contribution >= 0.6 is 23.2 Å². The first-order valence-corrected chi connectivity index (χ1v) is 11.5. The third-order valence-electron chi connectivity index (χ3n) is 4.42. The van der Waals surface area contributed by atoms with Gasteiger partial charge in [-0.05, 0) is 49.1 Å². The van der Waals surface area contributed by atoms with Crippen molar-refractivity contribution >= 4 is 50.5 Å². The van der Waals surface area contributed by atoms with Crippen molar-refractivity contribution in [1.82, 2.24) is 0 Å². The molecule has 28 heavy (non-hydrogen) atoms. The first-order chi connectivity index (χ1) is 13.1. The highest BCUT2D eigenvalue weighted by molar-refractivity contribution is 7.92. The summed E-state index contributed by atoms with van der Waals surface area (Å²) in [6, 6.07) is 9.29. The number of hydrogen-bond acceptors (Lipinski definition) is 3. The van der Waals surface area contributed by atoms with Gasteiger partial charge in [-0.1, -0.05) is 55.2 Å². The first kappa shape index (κ1) is 22.5. The van der Waals surface area contributed by atoms with Crippen LogP contribution in [0.5, 0.6) is 0 Å². The van der Waals surface area contributed by atoms with E-state index in [1.165, 1.54) is 18.2 Å². The van der Waals surface area contributed by atoms with Gasteiger partial charge in [-0.2, -0.15) is 0 Å². The van der Waals surface area contributed by atoms with E-state index in [-0.39, 0.29) is 12.1 Å². The monoisotopic (exact) mass is 442 g/mol. The summed E-state index contributed by atoms with van der Waals surface area (Å²) in [5.41, 5.74) is 2.87. The summed E-state index contributed by atoms with van der Waals surface area (Å²) >= 11 is 12.1. The Labute approximate surface area is 176 Å². The highest BCUT2D eigenvalue weighted by Gasteiger charge is 2.32.